The normalized spacial score (nSPS) is 39.8. The lowest BCUT2D eigenvalue weighted by Gasteiger charge is -2.22. The lowest BCUT2D eigenvalue weighted by molar-refractivity contribution is 0.0534. The van der Waals surface area contributed by atoms with E-state index in [9.17, 15) is 0 Å². The molecule has 48 valence electrons. The zero-order chi connectivity index (χ0) is 5.98. The van der Waals surface area contributed by atoms with E-state index in [0.717, 1.165) is 0 Å². The molecule has 0 aliphatic carbocycles. The number of hydrogen-bond acceptors (Lipinski definition) is 2. The average molecular weight is 156 g/mol. The largest absolute Gasteiger partial charge is 0.341 e. The molecule has 4 heteroatoms. The van der Waals surface area contributed by atoms with Crippen molar-refractivity contribution in [3.8, 4) is 0 Å². The smallest absolute Gasteiger partial charge is 0.145 e. The highest BCUT2D eigenvalue weighted by Crippen LogP contribution is 2.09. The van der Waals surface area contributed by atoms with E-state index in [-0.39, 0.29) is 11.1 Å². The highest BCUT2D eigenvalue weighted by Gasteiger charge is 2.16. The van der Waals surface area contributed by atoms with Crippen LogP contribution in [-0.2, 0) is 4.74 Å². The third kappa shape index (κ3) is 1.78. The Balaban J connectivity index is 2.23. The summed E-state index contributed by atoms with van der Waals surface area (Å²) in [6.45, 7) is 1.37. The number of rotatable bonds is 0. The van der Waals surface area contributed by atoms with Crippen LogP contribution < -0.4 is 5.32 Å². The summed E-state index contributed by atoms with van der Waals surface area (Å²) in [4.78, 5) is 0. The van der Waals surface area contributed by atoms with Crippen molar-refractivity contribution in [2.24, 2.45) is 0 Å². The summed E-state index contributed by atoms with van der Waals surface area (Å²) in [5.74, 6) is 0. The van der Waals surface area contributed by atoms with Crippen LogP contribution in [0.25, 0.3) is 0 Å². The summed E-state index contributed by atoms with van der Waals surface area (Å²) in [5, 5.41) is 3.00. The summed E-state index contributed by atoms with van der Waals surface area (Å²) in [5.41, 5.74) is -0.516. The van der Waals surface area contributed by atoms with Crippen LogP contribution in [0.4, 0.5) is 0 Å². The third-order valence-electron chi connectivity index (χ3n) is 0.905. The Hall–Kier alpha value is 0.500. The van der Waals surface area contributed by atoms with E-state index in [1.54, 1.807) is 0 Å². The van der Waals surface area contributed by atoms with Gasteiger partial charge in [-0.15, -0.1) is 0 Å². The molecule has 0 saturated carbocycles. The zero-order valence-electron chi connectivity index (χ0n) is 4.23. The molecule has 1 aliphatic heterocycles. The monoisotopic (exact) mass is 155 g/mol. The first kappa shape index (κ1) is 6.62. The highest BCUT2D eigenvalue weighted by molar-refractivity contribution is 6.22. The Morgan fingerprint density at radius 3 is 2.00 bits per heavy atom. The standard InChI is InChI=1S/C4H7Cl2NO/c5-3-1-7-2-4(6)8-3/h3-4,7H,1-2H2. The molecule has 2 unspecified atom stereocenters. The molecule has 1 saturated heterocycles. The molecule has 0 bridgehead atoms. The van der Waals surface area contributed by atoms with E-state index < -0.39 is 0 Å². The van der Waals surface area contributed by atoms with Crippen LogP contribution in [0.2, 0.25) is 0 Å². The quantitative estimate of drug-likeness (QED) is 0.522. The number of alkyl halides is 2. The van der Waals surface area contributed by atoms with Gasteiger partial charge in [-0.1, -0.05) is 23.2 Å². The van der Waals surface area contributed by atoms with Crippen molar-refractivity contribution in [1.82, 2.24) is 5.32 Å². The van der Waals surface area contributed by atoms with Crippen molar-refractivity contribution < 1.29 is 4.74 Å². The van der Waals surface area contributed by atoms with E-state index in [1.807, 2.05) is 0 Å². The molecule has 1 aliphatic rings. The topological polar surface area (TPSA) is 21.3 Å². The van der Waals surface area contributed by atoms with Crippen LogP contribution in [0.1, 0.15) is 0 Å². The number of hydrogen-bond donors (Lipinski definition) is 1. The summed E-state index contributed by atoms with van der Waals surface area (Å²) in [7, 11) is 0. The van der Waals surface area contributed by atoms with E-state index >= 15 is 0 Å². The minimum Gasteiger partial charge on any atom is -0.341 e. The van der Waals surface area contributed by atoms with E-state index in [2.05, 4.69) is 5.32 Å². The zero-order valence-corrected chi connectivity index (χ0v) is 5.74. The lowest BCUT2D eigenvalue weighted by Crippen LogP contribution is -2.39. The predicted octanol–water partition coefficient (Wildman–Crippen LogP) is 0.736. The van der Waals surface area contributed by atoms with E-state index in [0.29, 0.717) is 13.1 Å². The predicted molar refractivity (Wildman–Crippen MR) is 33.2 cm³/mol. The molecular formula is C4H7Cl2NO. The fourth-order valence-corrected chi connectivity index (χ4v) is 1.09. The van der Waals surface area contributed by atoms with Crippen molar-refractivity contribution in [3.05, 3.63) is 0 Å². The van der Waals surface area contributed by atoms with Gasteiger partial charge in [-0.25, -0.2) is 0 Å². The van der Waals surface area contributed by atoms with Gasteiger partial charge in [0.1, 0.15) is 11.1 Å². The van der Waals surface area contributed by atoms with Crippen molar-refractivity contribution >= 4 is 23.2 Å². The van der Waals surface area contributed by atoms with Crippen LogP contribution in [0.5, 0.6) is 0 Å². The first-order valence-electron chi connectivity index (χ1n) is 2.43. The van der Waals surface area contributed by atoms with Crippen LogP contribution in [0, 0.1) is 0 Å². The van der Waals surface area contributed by atoms with Crippen LogP contribution in [-0.4, -0.2) is 24.2 Å². The van der Waals surface area contributed by atoms with Crippen molar-refractivity contribution in [2.75, 3.05) is 13.1 Å². The second kappa shape index (κ2) is 2.87. The third-order valence-corrected chi connectivity index (χ3v) is 1.42. The molecule has 2 nitrogen and oxygen atoms in total. The van der Waals surface area contributed by atoms with Crippen LogP contribution >= 0.6 is 23.2 Å². The van der Waals surface area contributed by atoms with Gasteiger partial charge in [0, 0.05) is 13.1 Å². The summed E-state index contributed by atoms with van der Waals surface area (Å²) in [6.07, 6.45) is 0. The van der Waals surface area contributed by atoms with E-state index in [1.165, 1.54) is 0 Å². The maximum atomic E-state index is 5.54. The van der Waals surface area contributed by atoms with Gasteiger partial charge in [-0.05, 0) is 0 Å². The van der Waals surface area contributed by atoms with Gasteiger partial charge in [-0.3, -0.25) is 0 Å². The molecule has 0 radical (unpaired) electrons. The average Bonchev–Trinajstić information content (AvgIpc) is 1.64. The molecule has 2 atom stereocenters. The fraction of sp³-hybridized carbons (Fsp3) is 1.00. The van der Waals surface area contributed by atoms with Crippen LogP contribution in [0.3, 0.4) is 0 Å². The Bertz CT molecular complexity index is 72.4. The summed E-state index contributed by atoms with van der Waals surface area (Å²) < 4.78 is 4.95. The van der Waals surface area contributed by atoms with Gasteiger partial charge in [0.15, 0.2) is 0 Å². The number of ether oxygens (including phenoxy) is 1. The van der Waals surface area contributed by atoms with Crippen molar-refractivity contribution in [1.29, 1.82) is 0 Å². The molecule has 8 heavy (non-hydrogen) atoms. The van der Waals surface area contributed by atoms with Crippen molar-refractivity contribution in [2.45, 2.75) is 11.1 Å². The fourth-order valence-electron chi connectivity index (χ4n) is 0.567. The molecule has 1 rings (SSSR count). The number of morpholine rings is 1. The second-order valence-electron chi connectivity index (χ2n) is 1.61. The minimum absolute atomic E-state index is 0.258. The van der Waals surface area contributed by atoms with Crippen molar-refractivity contribution in [3.63, 3.8) is 0 Å². The second-order valence-corrected chi connectivity index (χ2v) is 2.59. The minimum atomic E-state index is -0.258. The van der Waals surface area contributed by atoms with Gasteiger partial charge in [0.05, 0.1) is 0 Å². The number of nitrogens with one attached hydrogen (secondary N) is 1. The molecule has 1 N–H and O–H groups in total. The maximum Gasteiger partial charge on any atom is 0.145 e. The molecule has 0 aromatic heterocycles. The summed E-state index contributed by atoms with van der Waals surface area (Å²) in [6, 6.07) is 0. The molecular weight excluding hydrogens is 149 g/mol. The van der Waals surface area contributed by atoms with Gasteiger partial charge in [0.25, 0.3) is 0 Å². The highest BCUT2D eigenvalue weighted by atomic mass is 35.5. The Morgan fingerprint density at radius 2 is 1.75 bits per heavy atom. The lowest BCUT2D eigenvalue weighted by atomic mass is 10.5. The first-order chi connectivity index (χ1) is 3.79. The molecule has 0 aromatic rings. The Labute approximate surface area is 58.1 Å². The SMILES string of the molecule is ClC1CNCC(Cl)O1. The molecule has 0 aromatic carbocycles. The summed E-state index contributed by atoms with van der Waals surface area (Å²) >= 11 is 11.1. The number of halogens is 2. The Kier molecular flexibility index (Phi) is 2.38. The molecule has 1 fully saturated rings. The van der Waals surface area contributed by atoms with Gasteiger partial charge in [0.2, 0.25) is 0 Å². The van der Waals surface area contributed by atoms with Gasteiger partial charge < -0.3 is 10.1 Å². The van der Waals surface area contributed by atoms with Gasteiger partial charge in [-0.2, -0.15) is 0 Å². The van der Waals surface area contributed by atoms with Crippen LogP contribution in [0.15, 0.2) is 0 Å². The first-order valence-corrected chi connectivity index (χ1v) is 3.30. The molecule has 0 amide bonds. The van der Waals surface area contributed by atoms with Gasteiger partial charge >= 0.3 is 0 Å². The van der Waals surface area contributed by atoms with E-state index in [4.69, 9.17) is 27.9 Å². The molecule has 1 heterocycles. The maximum absolute atomic E-state index is 5.54. The Morgan fingerprint density at radius 1 is 1.25 bits per heavy atom. The molecule has 0 spiro atoms.